The molecule has 0 aromatic carbocycles. The maximum atomic E-state index is 9.50. The van der Waals surface area contributed by atoms with E-state index < -0.39 is 0 Å². The highest BCUT2D eigenvalue weighted by Gasteiger charge is 2.38. The van der Waals surface area contributed by atoms with Crippen LogP contribution in [0.2, 0.25) is 0 Å². The zero-order valence-electron chi connectivity index (χ0n) is 11.1. The van der Waals surface area contributed by atoms with Gasteiger partial charge < -0.3 is 0 Å². The summed E-state index contributed by atoms with van der Waals surface area (Å²) < 4.78 is 0. The minimum atomic E-state index is -0.145. The molecule has 0 atom stereocenters. The maximum Gasteiger partial charge on any atom is 0.109 e. The van der Waals surface area contributed by atoms with E-state index in [9.17, 15) is 5.26 Å². The van der Waals surface area contributed by atoms with Gasteiger partial charge in [0.2, 0.25) is 0 Å². The van der Waals surface area contributed by atoms with E-state index in [1.807, 2.05) is 0 Å². The largest absolute Gasteiger partial charge is 0.286 e. The minimum absolute atomic E-state index is 0.145. The van der Waals surface area contributed by atoms with Crippen LogP contribution < -0.4 is 0 Å². The fraction of sp³-hybridized carbons (Fsp3) is 0.929. The summed E-state index contributed by atoms with van der Waals surface area (Å²) in [6.07, 6.45) is 7.29. The molecule has 0 heterocycles. The molecule has 0 aromatic heterocycles. The fourth-order valence-corrected chi connectivity index (χ4v) is 3.18. The number of hydrogen-bond acceptors (Lipinski definition) is 2. The standard InChI is InChI=1S/C14H26N2/c1-4-7-13-8-10-14(12-15,11-9-13)16(5-2)6-3/h13H,4-11H2,1-3H3. The summed E-state index contributed by atoms with van der Waals surface area (Å²) in [4.78, 5) is 2.36. The molecule has 92 valence electrons. The van der Waals surface area contributed by atoms with Crippen LogP contribution in [0, 0.1) is 17.2 Å². The van der Waals surface area contributed by atoms with Crippen molar-refractivity contribution in [3.8, 4) is 6.07 Å². The van der Waals surface area contributed by atoms with Crippen LogP contribution in [0.25, 0.3) is 0 Å². The lowest BCUT2D eigenvalue weighted by Gasteiger charge is -2.42. The van der Waals surface area contributed by atoms with E-state index in [1.54, 1.807) is 0 Å². The van der Waals surface area contributed by atoms with Crippen molar-refractivity contribution in [2.75, 3.05) is 13.1 Å². The van der Waals surface area contributed by atoms with Crippen molar-refractivity contribution in [2.45, 2.75) is 64.8 Å². The molecule has 0 amide bonds. The molecule has 1 rings (SSSR count). The van der Waals surface area contributed by atoms with E-state index in [2.05, 4.69) is 31.7 Å². The third-order valence-corrected chi connectivity index (χ3v) is 4.21. The topological polar surface area (TPSA) is 27.0 Å². The van der Waals surface area contributed by atoms with Crippen molar-refractivity contribution in [2.24, 2.45) is 5.92 Å². The van der Waals surface area contributed by atoms with Gasteiger partial charge in [-0.2, -0.15) is 5.26 Å². The molecule has 1 saturated carbocycles. The number of nitriles is 1. The van der Waals surface area contributed by atoms with Crippen LogP contribution >= 0.6 is 0 Å². The molecule has 1 fully saturated rings. The first-order valence-electron chi connectivity index (χ1n) is 6.88. The molecule has 1 aliphatic carbocycles. The second-order valence-corrected chi connectivity index (χ2v) is 5.05. The summed E-state index contributed by atoms with van der Waals surface area (Å²) in [5, 5.41) is 9.50. The molecule has 2 heteroatoms. The predicted molar refractivity (Wildman–Crippen MR) is 68.1 cm³/mol. The Kier molecular flexibility index (Phi) is 5.28. The highest BCUT2D eigenvalue weighted by Crippen LogP contribution is 2.37. The van der Waals surface area contributed by atoms with Crippen molar-refractivity contribution in [1.82, 2.24) is 4.90 Å². The molecule has 0 radical (unpaired) electrons. The molecular weight excluding hydrogens is 196 g/mol. The molecule has 0 bridgehead atoms. The predicted octanol–water partition coefficient (Wildman–Crippen LogP) is 3.58. The minimum Gasteiger partial charge on any atom is -0.286 e. The summed E-state index contributed by atoms with van der Waals surface area (Å²) in [7, 11) is 0. The smallest absolute Gasteiger partial charge is 0.109 e. The average Bonchev–Trinajstić information content (AvgIpc) is 2.33. The maximum absolute atomic E-state index is 9.50. The van der Waals surface area contributed by atoms with E-state index >= 15 is 0 Å². The van der Waals surface area contributed by atoms with Gasteiger partial charge in [-0.05, 0) is 44.7 Å². The van der Waals surface area contributed by atoms with Gasteiger partial charge >= 0.3 is 0 Å². The third-order valence-electron chi connectivity index (χ3n) is 4.21. The molecule has 0 unspecified atom stereocenters. The normalized spacial score (nSPS) is 30.3. The molecule has 0 aliphatic heterocycles. The van der Waals surface area contributed by atoms with E-state index in [4.69, 9.17) is 0 Å². The Morgan fingerprint density at radius 1 is 1.19 bits per heavy atom. The van der Waals surface area contributed by atoms with E-state index in [0.717, 1.165) is 31.8 Å². The van der Waals surface area contributed by atoms with Gasteiger partial charge in [0.1, 0.15) is 5.54 Å². The number of hydrogen-bond donors (Lipinski definition) is 0. The fourth-order valence-electron chi connectivity index (χ4n) is 3.18. The van der Waals surface area contributed by atoms with Gasteiger partial charge in [-0.15, -0.1) is 0 Å². The van der Waals surface area contributed by atoms with E-state index in [0.29, 0.717) is 0 Å². The van der Waals surface area contributed by atoms with Crippen LogP contribution in [-0.2, 0) is 0 Å². The van der Waals surface area contributed by atoms with Crippen LogP contribution in [0.3, 0.4) is 0 Å². The van der Waals surface area contributed by atoms with E-state index in [-0.39, 0.29) is 5.54 Å². The monoisotopic (exact) mass is 222 g/mol. The lowest BCUT2D eigenvalue weighted by atomic mass is 9.75. The zero-order valence-corrected chi connectivity index (χ0v) is 11.1. The second-order valence-electron chi connectivity index (χ2n) is 5.05. The van der Waals surface area contributed by atoms with Crippen LogP contribution in [0.4, 0.5) is 0 Å². The van der Waals surface area contributed by atoms with Gasteiger partial charge in [0, 0.05) is 0 Å². The molecule has 2 nitrogen and oxygen atoms in total. The van der Waals surface area contributed by atoms with E-state index in [1.165, 1.54) is 25.7 Å². The SMILES string of the molecule is CCCC1CCC(C#N)(N(CC)CC)CC1. The van der Waals surface area contributed by atoms with Crippen molar-refractivity contribution >= 4 is 0 Å². The molecule has 0 N–H and O–H groups in total. The van der Waals surface area contributed by atoms with Gasteiger partial charge in [0.25, 0.3) is 0 Å². The molecule has 16 heavy (non-hydrogen) atoms. The summed E-state index contributed by atoms with van der Waals surface area (Å²) in [5.74, 6) is 0.877. The quantitative estimate of drug-likeness (QED) is 0.711. The Labute approximate surface area is 101 Å². The first kappa shape index (κ1) is 13.5. The lowest BCUT2D eigenvalue weighted by molar-refractivity contribution is 0.0889. The van der Waals surface area contributed by atoms with Crippen LogP contribution in [0.15, 0.2) is 0 Å². The zero-order chi connectivity index (χ0) is 12.0. The van der Waals surface area contributed by atoms with Crippen LogP contribution in [-0.4, -0.2) is 23.5 Å². The van der Waals surface area contributed by atoms with Gasteiger partial charge in [-0.1, -0.05) is 33.6 Å². The Morgan fingerprint density at radius 2 is 1.75 bits per heavy atom. The average molecular weight is 222 g/mol. The molecule has 0 saturated heterocycles. The Hall–Kier alpha value is -0.550. The molecular formula is C14H26N2. The van der Waals surface area contributed by atoms with Crippen molar-refractivity contribution < 1.29 is 0 Å². The summed E-state index contributed by atoms with van der Waals surface area (Å²) in [6, 6.07) is 2.61. The van der Waals surface area contributed by atoms with Crippen molar-refractivity contribution in [3.05, 3.63) is 0 Å². The van der Waals surface area contributed by atoms with Crippen molar-refractivity contribution in [3.63, 3.8) is 0 Å². The number of rotatable bonds is 5. The second kappa shape index (κ2) is 6.25. The summed E-state index contributed by atoms with van der Waals surface area (Å²) in [5.41, 5.74) is -0.145. The van der Waals surface area contributed by atoms with Crippen LogP contribution in [0.1, 0.15) is 59.3 Å². The summed E-state index contributed by atoms with van der Waals surface area (Å²) >= 11 is 0. The Morgan fingerprint density at radius 3 is 2.12 bits per heavy atom. The molecule has 0 spiro atoms. The van der Waals surface area contributed by atoms with Gasteiger partial charge in [0.15, 0.2) is 0 Å². The molecule has 0 aromatic rings. The Bertz CT molecular complexity index is 230. The van der Waals surface area contributed by atoms with Gasteiger partial charge in [-0.25, -0.2) is 0 Å². The van der Waals surface area contributed by atoms with Crippen LogP contribution in [0.5, 0.6) is 0 Å². The number of nitrogens with zero attached hydrogens (tertiary/aromatic N) is 2. The highest BCUT2D eigenvalue weighted by atomic mass is 15.2. The Balaban J connectivity index is 2.61. The van der Waals surface area contributed by atoms with Gasteiger partial charge in [-0.3, -0.25) is 4.90 Å². The molecule has 1 aliphatic rings. The van der Waals surface area contributed by atoms with Crippen molar-refractivity contribution in [1.29, 1.82) is 5.26 Å². The first-order chi connectivity index (χ1) is 7.72. The third kappa shape index (κ3) is 2.77. The lowest BCUT2D eigenvalue weighted by Crippen LogP contribution is -2.49. The first-order valence-corrected chi connectivity index (χ1v) is 6.88. The highest BCUT2D eigenvalue weighted by molar-refractivity contribution is 5.10. The van der Waals surface area contributed by atoms with Gasteiger partial charge in [0.05, 0.1) is 6.07 Å². The summed E-state index contributed by atoms with van der Waals surface area (Å²) in [6.45, 7) is 8.60.